The summed E-state index contributed by atoms with van der Waals surface area (Å²) in [4.78, 5) is 33.7. The highest BCUT2D eigenvalue weighted by atomic mass is 79.9. The van der Waals surface area contributed by atoms with Gasteiger partial charge in [-0.1, -0.05) is 117 Å². The number of halogens is 2. The van der Waals surface area contributed by atoms with Crippen molar-refractivity contribution in [1.82, 2.24) is 4.90 Å². The molecule has 0 saturated carbocycles. The van der Waals surface area contributed by atoms with Crippen molar-refractivity contribution in [2.45, 2.75) is 149 Å². The molecule has 46 heavy (non-hydrogen) atoms. The highest BCUT2D eigenvalue weighted by molar-refractivity contribution is 9.11. The van der Waals surface area contributed by atoms with E-state index in [9.17, 15) is 9.59 Å². The molecule has 3 aromatic heterocycles. The van der Waals surface area contributed by atoms with E-state index < -0.39 is 0 Å². The standard InChI is InChI=1S/C38H53Br2NO2S3/c1-4-7-10-13-16-19-22-27-25-29(44-35(27)39)33-31-32(38(43)41(37(31)42)24-21-18-15-12-9-6-3)34(46-33)30-26-28(36(40)45-30)23-20-17-14-11-8-5-2/h25-26H,4-24H2,1-3H3. The molecule has 8 heteroatoms. The van der Waals surface area contributed by atoms with Crippen molar-refractivity contribution in [3.05, 3.63) is 42.0 Å². The predicted molar refractivity (Wildman–Crippen MR) is 209 cm³/mol. The molecule has 0 fully saturated rings. The maximum absolute atomic E-state index is 14.0. The van der Waals surface area contributed by atoms with Crippen LogP contribution in [-0.4, -0.2) is 23.3 Å². The Morgan fingerprint density at radius 3 is 1.30 bits per heavy atom. The second-order valence-corrected chi connectivity index (χ2v) is 18.7. The Morgan fingerprint density at radius 1 is 0.522 bits per heavy atom. The minimum atomic E-state index is -0.101. The van der Waals surface area contributed by atoms with Crippen LogP contribution < -0.4 is 0 Å². The van der Waals surface area contributed by atoms with Crippen LogP contribution in [0.25, 0.3) is 19.5 Å². The first kappa shape index (κ1) is 38.0. The van der Waals surface area contributed by atoms with E-state index in [-0.39, 0.29) is 11.8 Å². The number of nitrogens with zero attached hydrogens (tertiary/aromatic N) is 1. The first-order valence-corrected chi connectivity index (χ1v) is 22.0. The summed E-state index contributed by atoms with van der Waals surface area (Å²) < 4.78 is 2.31. The Morgan fingerprint density at radius 2 is 0.891 bits per heavy atom. The van der Waals surface area contributed by atoms with Crippen molar-refractivity contribution < 1.29 is 9.59 Å². The molecule has 4 rings (SSSR count). The zero-order valence-corrected chi connectivity index (χ0v) is 33.9. The summed E-state index contributed by atoms with van der Waals surface area (Å²) in [5.41, 5.74) is 3.91. The minimum absolute atomic E-state index is 0.101. The zero-order chi connectivity index (χ0) is 32.9. The van der Waals surface area contributed by atoms with Crippen molar-refractivity contribution in [1.29, 1.82) is 0 Å². The number of amides is 2. The molecule has 0 aliphatic carbocycles. The molecule has 0 unspecified atom stereocenters. The first-order valence-electron chi connectivity index (χ1n) is 18.0. The number of unbranched alkanes of at least 4 members (excludes halogenated alkanes) is 15. The topological polar surface area (TPSA) is 37.4 Å². The minimum Gasteiger partial charge on any atom is -0.274 e. The number of carbonyl (C=O) groups excluding carboxylic acids is 2. The molecule has 0 spiro atoms. The normalized spacial score (nSPS) is 13.0. The van der Waals surface area contributed by atoms with Crippen LogP contribution in [0.2, 0.25) is 0 Å². The predicted octanol–water partition coefficient (Wildman–Crippen LogP) is 14.5. The summed E-state index contributed by atoms with van der Waals surface area (Å²) >= 11 is 12.8. The third kappa shape index (κ3) is 10.1. The summed E-state index contributed by atoms with van der Waals surface area (Å²) in [6.45, 7) is 7.25. The van der Waals surface area contributed by atoms with Crippen LogP contribution in [0.1, 0.15) is 168 Å². The SMILES string of the molecule is CCCCCCCCc1cc(-c2sc(-c3cc(CCCCCCCC)c(Br)s3)c3c2C(=O)N(CCCCCCCC)C3=O)sc1Br. The van der Waals surface area contributed by atoms with Crippen LogP contribution >= 0.6 is 65.9 Å². The van der Waals surface area contributed by atoms with Gasteiger partial charge in [-0.2, -0.15) is 0 Å². The summed E-state index contributed by atoms with van der Waals surface area (Å²) in [6.07, 6.45) is 24.2. The number of hydrogen-bond donors (Lipinski definition) is 0. The van der Waals surface area contributed by atoms with Gasteiger partial charge in [-0.25, -0.2) is 0 Å². The largest absolute Gasteiger partial charge is 0.274 e. The van der Waals surface area contributed by atoms with Crippen molar-refractivity contribution in [2.24, 2.45) is 0 Å². The van der Waals surface area contributed by atoms with Gasteiger partial charge in [0.05, 0.1) is 28.5 Å². The molecule has 0 saturated heterocycles. The lowest BCUT2D eigenvalue weighted by molar-refractivity contribution is 0.0652. The fraction of sp³-hybridized carbons (Fsp3) is 0.632. The number of aryl methyl sites for hydroxylation is 2. The third-order valence-electron chi connectivity index (χ3n) is 9.12. The Labute approximate surface area is 307 Å². The van der Waals surface area contributed by atoms with Crippen LogP contribution in [-0.2, 0) is 12.8 Å². The van der Waals surface area contributed by atoms with E-state index in [2.05, 4.69) is 64.8 Å². The maximum atomic E-state index is 14.0. The van der Waals surface area contributed by atoms with E-state index in [1.165, 1.54) is 107 Å². The number of rotatable bonds is 23. The van der Waals surface area contributed by atoms with Gasteiger partial charge >= 0.3 is 0 Å². The van der Waals surface area contributed by atoms with Crippen LogP contribution in [0.5, 0.6) is 0 Å². The molecule has 254 valence electrons. The fourth-order valence-corrected chi connectivity index (χ4v) is 11.4. The Balaban J connectivity index is 1.57. The van der Waals surface area contributed by atoms with E-state index in [1.807, 2.05) is 0 Å². The number of imide groups is 1. The summed E-state index contributed by atoms with van der Waals surface area (Å²) in [5, 5.41) is 0. The van der Waals surface area contributed by atoms with Crippen molar-refractivity contribution in [2.75, 3.05) is 6.54 Å². The second kappa shape index (κ2) is 20.0. The number of hydrogen-bond acceptors (Lipinski definition) is 5. The third-order valence-corrected chi connectivity index (χ3v) is 14.6. The lowest BCUT2D eigenvalue weighted by Gasteiger charge is -2.14. The highest BCUT2D eigenvalue weighted by Crippen LogP contribution is 2.51. The molecule has 2 amide bonds. The maximum Gasteiger partial charge on any atom is 0.263 e. The zero-order valence-electron chi connectivity index (χ0n) is 28.2. The summed E-state index contributed by atoms with van der Waals surface area (Å²) in [7, 11) is 0. The van der Waals surface area contributed by atoms with Gasteiger partial charge in [0.15, 0.2) is 0 Å². The van der Waals surface area contributed by atoms with Crippen molar-refractivity contribution >= 4 is 77.7 Å². The van der Waals surface area contributed by atoms with E-state index in [4.69, 9.17) is 0 Å². The number of thiophene rings is 3. The van der Waals surface area contributed by atoms with Crippen LogP contribution in [0.4, 0.5) is 0 Å². The molecular formula is C38H53Br2NO2S3. The molecule has 4 heterocycles. The average Bonchev–Trinajstić information content (AvgIpc) is 3.78. The highest BCUT2D eigenvalue weighted by Gasteiger charge is 2.42. The Kier molecular flexibility index (Phi) is 16.5. The molecule has 0 bridgehead atoms. The number of fused-ring (bicyclic) bond motifs is 1. The summed E-state index contributed by atoms with van der Waals surface area (Å²) in [6, 6.07) is 4.55. The van der Waals surface area contributed by atoms with Gasteiger partial charge in [0.1, 0.15) is 0 Å². The molecule has 0 radical (unpaired) electrons. The first-order chi connectivity index (χ1) is 22.4. The Hall–Kier alpha value is -0.800. The molecule has 0 atom stereocenters. The van der Waals surface area contributed by atoms with Gasteiger partial charge in [-0.3, -0.25) is 14.5 Å². The lowest BCUT2D eigenvalue weighted by Crippen LogP contribution is -2.31. The molecule has 0 N–H and O–H groups in total. The Bertz CT molecular complexity index is 1310. The molecule has 1 aliphatic heterocycles. The van der Waals surface area contributed by atoms with E-state index in [0.717, 1.165) is 59.2 Å². The molecule has 1 aliphatic rings. The van der Waals surface area contributed by atoms with Crippen molar-refractivity contribution in [3.63, 3.8) is 0 Å². The van der Waals surface area contributed by atoms with Gasteiger partial charge in [-0.05, 0) is 87.2 Å². The number of carbonyl (C=O) groups is 2. The smallest absolute Gasteiger partial charge is 0.263 e. The second-order valence-electron chi connectivity index (χ2n) is 12.9. The molecular weight excluding hydrogens is 758 g/mol. The molecule has 0 aromatic carbocycles. The van der Waals surface area contributed by atoms with Gasteiger partial charge in [0.2, 0.25) is 0 Å². The van der Waals surface area contributed by atoms with E-state index in [0.29, 0.717) is 17.7 Å². The van der Waals surface area contributed by atoms with Crippen LogP contribution in [0.15, 0.2) is 19.7 Å². The molecule has 3 aromatic rings. The van der Waals surface area contributed by atoms with Crippen LogP contribution in [0, 0.1) is 0 Å². The average molecular weight is 812 g/mol. The van der Waals surface area contributed by atoms with Gasteiger partial charge in [0, 0.05) is 16.3 Å². The van der Waals surface area contributed by atoms with Crippen molar-refractivity contribution in [3.8, 4) is 19.5 Å². The fourth-order valence-electron chi connectivity index (χ4n) is 6.37. The van der Waals surface area contributed by atoms with Gasteiger partial charge in [0.25, 0.3) is 11.8 Å². The summed E-state index contributed by atoms with van der Waals surface area (Å²) in [5.74, 6) is -0.202. The lowest BCUT2D eigenvalue weighted by atomic mass is 10.1. The van der Waals surface area contributed by atoms with Crippen LogP contribution in [0.3, 0.4) is 0 Å². The van der Waals surface area contributed by atoms with Gasteiger partial charge in [-0.15, -0.1) is 34.0 Å². The monoisotopic (exact) mass is 809 g/mol. The van der Waals surface area contributed by atoms with E-state index >= 15 is 0 Å². The van der Waals surface area contributed by atoms with E-state index in [1.54, 1.807) is 38.9 Å². The molecule has 3 nitrogen and oxygen atoms in total. The quantitative estimate of drug-likeness (QED) is 0.0707. The van der Waals surface area contributed by atoms with Gasteiger partial charge < -0.3 is 0 Å².